The Hall–Kier alpha value is -2.54. The van der Waals surface area contributed by atoms with E-state index >= 15 is 0 Å². The third kappa shape index (κ3) is 4.73. The molecule has 0 saturated heterocycles. The van der Waals surface area contributed by atoms with Gasteiger partial charge in [-0.05, 0) is 42.5 Å². The Morgan fingerprint density at radius 3 is 2.25 bits per heavy atom. The minimum absolute atomic E-state index is 0.0309. The van der Waals surface area contributed by atoms with Crippen LogP contribution < -0.4 is 9.47 Å². The fraction of sp³-hybridized carbons (Fsp3) is 0.235. The molecule has 0 saturated carbocycles. The molecule has 24 heavy (non-hydrogen) atoms. The smallest absolute Gasteiger partial charge is 0.416 e. The van der Waals surface area contributed by atoms with Gasteiger partial charge >= 0.3 is 6.18 Å². The van der Waals surface area contributed by atoms with Gasteiger partial charge in [-0.15, -0.1) is 0 Å². The summed E-state index contributed by atoms with van der Waals surface area (Å²) in [6, 6.07) is 9.01. The average molecular weight is 340 g/mol. The fourth-order valence-electron chi connectivity index (χ4n) is 1.87. The highest BCUT2D eigenvalue weighted by Gasteiger charge is 2.31. The van der Waals surface area contributed by atoms with Crippen LogP contribution in [0.3, 0.4) is 0 Å². The summed E-state index contributed by atoms with van der Waals surface area (Å²) in [6.07, 6.45) is -4.07. The second kappa shape index (κ2) is 7.83. The first-order valence-corrected chi connectivity index (χ1v) is 7.00. The summed E-state index contributed by atoms with van der Waals surface area (Å²) in [5.41, 5.74) is -0.856. The van der Waals surface area contributed by atoms with Crippen molar-refractivity contribution in [2.24, 2.45) is 0 Å². The molecule has 0 aliphatic carbocycles. The lowest BCUT2D eigenvalue weighted by atomic mass is 10.1. The van der Waals surface area contributed by atoms with Gasteiger partial charge in [0.1, 0.15) is 23.9 Å². The van der Waals surface area contributed by atoms with Crippen LogP contribution in [-0.2, 0) is 10.9 Å². The minimum atomic E-state index is -4.52. The first-order chi connectivity index (χ1) is 11.4. The molecule has 7 heteroatoms. The molecule has 0 amide bonds. The molecule has 2 rings (SSSR count). The zero-order valence-electron chi connectivity index (χ0n) is 12.8. The zero-order valence-corrected chi connectivity index (χ0v) is 12.8. The summed E-state index contributed by atoms with van der Waals surface area (Å²) in [5, 5.41) is 0. The van der Waals surface area contributed by atoms with Crippen LogP contribution in [0.1, 0.15) is 15.9 Å². The highest BCUT2D eigenvalue weighted by molar-refractivity contribution is 5.79. The minimum Gasteiger partial charge on any atom is -0.491 e. The molecule has 0 radical (unpaired) electrons. The number of hydrogen-bond donors (Lipinski definition) is 0. The van der Waals surface area contributed by atoms with Gasteiger partial charge in [0.2, 0.25) is 0 Å². The van der Waals surface area contributed by atoms with Crippen LogP contribution in [0.15, 0.2) is 42.5 Å². The van der Waals surface area contributed by atoms with Crippen molar-refractivity contribution < 1.29 is 32.2 Å². The molecule has 4 nitrogen and oxygen atoms in total. The topological polar surface area (TPSA) is 44.8 Å². The molecule has 2 aromatic rings. The average Bonchev–Trinajstić information content (AvgIpc) is 2.56. The van der Waals surface area contributed by atoms with Gasteiger partial charge in [-0.3, -0.25) is 4.79 Å². The third-order valence-electron chi connectivity index (χ3n) is 3.08. The lowest BCUT2D eigenvalue weighted by molar-refractivity contribution is -0.137. The summed E-state index contributed by atoms with van der Waals surface area (Å²) in [5.74, 6) is 0.698. The van der Waals surface area contributed by atoms with Crippen LogP contribution >= 0.6 is 0 Å². The van der Waals surface area contributed by atoms with E-state index < -0.39 is 11.7 Å². The summed E-state index contributed by atoms with van der Waals surface area (Å²) >= 11 is 0. The number of aldehydes is 1. The fourth-order valence-corrected chi connectivity index (χ4v) is 1.87. The Labute approximate surface area is 136 Å². The predicted octanol–water partition coefficient (Wildman–Crippen LogP) is 4.34. The molecule has 128 valence electrons. The van der Waals surface area contributed by atoms with E-state index in [1.165, 1.54) is 12.1 Å². The molecule has 0 N–H and O–H groups in total. The van der Waals surface area contributed by atoms with E-state index in [4.69, 9.17) is 14.2 Å². The number of hydrogen-bond acceptors (Lipinski definition) is 4. The Kier molecular flexibility index (Phi) is 5.81. The van der Waals surface area contributed by atoms with Crippen molar-refractivity contribution in [2.75, 3.05) is 20.3 Å². The van der Waals surface area contributed by atoms with Gasteiger partial charge in [0.05, 0.1) is 17.7 Å². The molecule has 0 heterocycles. The largest absolute Gasteiger partial charge is 0.491 e. The molecule has 0 unspecified atom stereocenters. The molecular formula is C17H15F3O4. The van der Waals surface area contributed by atoms with Gasteiger partial charge in [0.15, 0.2) is 6.29 Å². The van der Waals surface area contributed by atoms with Gasteiger partial charge < -0.3 is 14.2 Å². The second-order valence-corrected chi connectivity index (χ2v) is 4.78. The van der Waals surface area contributed by atoms with Gasteiger partial charge in [-0.25, -0.2) is 0 Å². The van der Waals surface area contributed by atoms with E-state index in [9.17, 15) is 18.0 Å². The predicted molar refractivity (Wildman–Crippen MR) is 80.7 cm³/mol. The Bertz CT molecular complexity index is 681. The third-order valence-corrected chi connectivity index (χ3v) is 3.08. The van der Waals surface area contributed by atoms with E-state index in [0.717, 1.165) is 18.2 Å². The maximum Gasteiger partial charge on any atom is 0.416 e. The number of carbonyl (C=O) groups excluding carboxylic acids is 1. The van der Waals surface area contributed by atoms with Crippen molar-refractivity contribution in [3.63, 3.8) is 0 Å². The summed E-state index contributed by atoms with van der Waals surface area (Å²) in [6.45, 7) is 0.810. The van der Waals surface area contributed by atoms with E-state index in [1.807, 2.05) is 0 Å². The van der Waals surface area contributed by atoms with Gasteiger partial charge in [-0.1, -0.05) is 0 Å². The highest BCUT2D eigenvalue weighted by atomic mass is 19.4. The molecular weight excluding hydrogens is 325 g/mol. The van der Waals surface area contributed by atoms with Crippen LogP contribution in [0, 0.1) is 0 Å². The monoisotopic (exact) mass is 340 g/mol. The Balaban J connectivity index is 2.16. The SMILES string of the molecule is COCCOc1ccc(Oc2cc(C(F)(F)F)ccc2C=O)cc1. The number of ether oxygens (including phenoxy) is 3. The van der Waals surface area contributed by atoms with Gasteiger partial charge in [0.25, 0.3) is 0 Å². The zero-order chi connectivity index (χ0) is 17.6. The number of methoxy groups -OCH3 is 1. The molecule has 0 aliphatic heterocycles. The van der Waals surface area contributed by atoms with Crippen molar-refractivity contribution in [1.82, 2.24) is 0 Å². The first kappa shape index (κ1) is 17.8. The lowest BCUT2D eigenvalue weighted by Gasteiger charge is -2.12. The molecule has 2 aromatic carbocycles. The quantitative estimate of drug-likeness (QED) is 0.556. The second-order valence-electron chi connectivity index (χ2n) is 4.78. The summed E-state index contributed by atoms with van der Waals surface area (Å²) in [4.78, 5) is 11.0. The molecule has 0 bridgehead atoms. The maximum atomic E-state index is 12.8. The normalized spacial score (nSPS) is 11.2. The van der Waals surface area contributed by atoms with Gasteiger partial charge in [0, 0.05) is 7.11 Å². The van der Waals surface area contributed by atoms with Crippen LogP contribution in [0.2, 0.25) is 0 Å². The first-order valence-electron chi connectivity index (χ1n) is 7.00. The number of benzene rings is 2. The van der Waals surface area contributed by atoms with Crippen LogP contribution in [0.4, 0.5) is 13.2 Å². The molecule has 0 fully saturated rings. The van der Waals surface area contributed by atoms with Crippen molar-refractivity contribution in [2.45, 2.75) is 6.18 Å². The summed E-state index contributed by atoms with van der Waals surface area (Å²) < 4.78 is 54.0. The maximum absolute atomic E-state index is 12.8. The molecule has 0 atom stereocenters. The molecule has 0 aliphatic rings. The van der Waals surface area contributed by atoms with Crippen molar-refractivity contribution in [1.29, 1.82) is 0 Å². The number of alkyl halides is 3. The van der Waals surface area contributed by atoms with Crippen LogP contribution in [-0.4, -0.2) is 26.6 Å². The number of halogens is 3. The van der Waals surface area contributed by atoms with Gasteiger partial charge in [-0.2, -0.15) is 13.2 Å². The Morgan fingerprint density at radius 2 is 1.67 bits per heavy atom. The molecule has 0 spiro atoms. The van der Waals surface area contributed by atoms with Crippen LogP contribution in [0.25, 0.3) is 0 Å². The number of rotatable bonds is 7. The highest BCUT2D eigenvalue weighted by Crippen LogP contribution is 2.34. The number of carbonyl (C=O) groups is 1. The van der Waals surface area contributed by atoms with E-state index in [-0.39, 0.29) is 17.1 Å². The van der Waals surface area contributed by atoms with E-state index in [0.29, 0.717) is 25.2 Å². The van der Waals surface area contributed by atoms with E-state index in [1.54, 1.807) is 19.2 Å². The van der Waals surface area contributed by atoms with Crippen molar-refractivity contribution in [3.05, 3.63) is 53.6 Å². The van der Waals surface area contributed by atoms with Crippen molar-refractivity contribution >= 4 is 6.29 Å². The summed E-state index contributed by atoms with van der Waals surface area (Å²) in [7, 11) is 1.56. The van der Waals surface area contributed by atoms with Crippen LogP contribution in [0.5, 0.6) is 17.2 Å². The standard InChI is InChI=1S/C17H15F3O4/c1-22-8-9-23-14-4-6-15(7-5-14)24-16-10-13(17(18,19)20)3-2-12(16)11-21/h2-7,10-11H,8-9H2,1H3. The Morgan fingerprint density at radius 1 is 1.00 bits per heavy atom. The lowest BCUT2D eigenvalue weighted by Crippen LogP contribution is -2.05. The van der Waals surface area contributed by atoms with Crippen molar-refractivity contribution in [3.8, 4) is 17.2 Å². The molecule has 0 aromatic heterocycles. The van der Waals surface area contributed by atoms with E-state index in [2.05, 4.69) is 0 Å².